The number of nitrogen functional groups attached to an aromatic ring is 1. The summed E-state index contributed by atoms with van der Waals surface area (Å²) in [7, 11) is 0. The van der Waals surface area contributed by atoms with Crippen molar-refractivity contribution in [2.24, 2.45) is 0 Å². The van der Waals surface area contributed by atoms with Crippen molar-refractivity contribution in [3.63, 3.8) is 0 Å². The van der Waals surface area contributed by atoms with E-state index in [1.807, 2.05) is 36.0 Å². The summed E-state index contributed by atoms with van der Waals surface area (Å²) in [4.78, 5) is 0. The number of benzene rings is 1. The SMILES string of the molecule is CCCCSCCOc1ccc(N)cc1. The van der Waals surface area contributed by atoms with Crippen LogP contribution in [0.3, 0.4) is 0 Å². The van der Waals surface area contributed by atoms with Gasteiger partial charge >= 0.3 is 0 Å². The molecule has 0 heterocycles. The maximum absolute atomic E-state index is 5.58. The van der Waals surface area contributed by atoms with Gasteiger partial charge in [-0.15, -0.1) is 0 Å². The van der Waals surface area contributed by atoms with Crippen molar-refractivity contribution < 1.29 is 4.74 Å². The van der Waals surface area contributed by atoms with Crippen molar-refractivity contribution in [1.29, 1.82) is 0 Å². The molecule has 0 bridgehead atoms. The van der Waals surface area contributed by atoms with Crippen LogP contribution in [0.25, 0.3) is 0 Å². The third-order valence-corrected chi connectivity index (χ3v) is 3.05. The Kier molecular flexibility index (Phi) is 6.09. The average Bonchev–Trinajstić information content (AvgIpc) is 2.26. The lowest BCUT2D eigenvalue weighted by Gasteiger charge is -2.05. The van der Waals surface area contributed by atoms with E-state index in [9.17, 15) is 0 Å². The van der Waals surface area contributed by atoms with Gasteiger partial charge in [0.05, 0.1) is 6.61 Å². The Morgan fingerprint density at radius 1 is 1.20 bits per heavy atom. The van der Waals surface area contributed by atoms with Crippen LogP contribution in [-0.2, 0) is 0 Å². The number of ether oxygens (including phenoxy) is 1. The van der Waals surface area contributed by atoms with Crippen molar-refractivity contribution in [3.8, 4) is 5.75 Å². The van der Waals surface area contributed by atoms with Crippen LogP contribution >= 0.6 is 11.8 Å². The monoisotopic (exact) mass is 225 g/mol. The van der Waals surface area contributed by atoms with E-state index in [0.29, 0.717) is 0 Å². The second kappa shape index (κ2) is 7.46. The zero-order chi connectivity index (χ0) is 10.9. The number of hydrogen-bond donors (Lipinski definition) is 1. The molecular formula is C12H19NOS. The van der Waals surface area contributed by atoms with Gasteiger partial charge in [-0.1, -0.05) is 13.3 Å². The lowest BCUT2D eigenvalue weighted by molar-refractivity contribution is 0.344. The van der Waals surface area contributed by atoms with Gasteiger partial charge in [0.2, 0.25) is 0 Å². The molecule has 0 atom stereocenters. The second-order valence-corrected chi connectivity index (χ2v) is 4.61. The zero-order valence-electron chi connectivity index (χ0n) is 9.24. The van der Waals surface area contributed by atoms with Gasteiger partial charge in [0.15, 0.2) is 0 Å². The van der Waals surface area contributed by atoms with Crippen LogP contribution in [0.5, 0.6) is 5.75 Å². The summed E-state index contributed by atoms with van der Waals surface area (Å²) in [6, 6.07) is 7.54. The van der Waals surface area contributed by atoms with Gasteiger partial charge in [-0.25, -0.2) is 0 Å². The quantitative estimate of drug-likeness (QED) is 0.572. The minimum absolute atomic E-state index is 0.776. The summed E-state index contributed by atoms with van der Waals surface area (Å²) in [5.74, 6) is 3.20. The maximum atomic E-state index is 5.58. The minimum Gasteiger partial charge on any atom is -0.493 e. The normalized spacial score (nSPS) is 10.2. The van der Waals surface area contributed by atoms with Gasteiger partial charge < -0.3 is 10.5 Å². The van der Waals surface area contributed by atoms with Gasteiger partial charge in [0.25, 0.3) is 0 Å². The summed E-state index contributed by atoms with van der Waals surface area (Å²) in [6.45, 7) is 2.99. The average molecular weight is 225 g/mol. The molecule has 15 heavy (non-hydrogen) atoms. The Balaban J connectivity index is 2.07. The van der Waals surface area contributed by atoms with Gasteiger partial charge in [-0.3, -0.25) is 0 Å². The van der Waals surface area contributed by atoms with E-state index in [4.69, 9.17) is 10.5 Å². The van der Waals surface area contributed by atoms with Crippen molar-refractivity contribution >= 4 is 17.4 Å². The highest BCUT2D eigenvalue weighted by Gasteiger charge is 1.93. The molecule has 0 fully saturated rings. The first-order valence-electron chi connectivity index (χ1n) is 5.39. The summed E-state index contributed by atoms with van der Waals surface area (Å²) >= 11 is 1.95. The predicted octanol–water partition coefficient (Wildman–Crippen LogP) is 3.18. The molecule has 0 saturated heterocycles. The van der Waals surface area contributed by atoms with E-state index in [1.165, 1.54) is 18.6 Å². The molecule has 0 amide bonds. The standard InChI is InChI=1S/C12H19NOS/c1-2-3-9-15-10-8-14-12-6-4-11(13)5-7-12/h4-7H,2-3,8-10,13H2,1H3. The summed E-state index contributed by atoms with van der Waals surface area (Å²) in [6.07, 6.45) is 2.57. The summed E-state index contributed by atoms with van der Waals surface area (Å²) in [5.41, 5.74) is 6.35. The molecule has 84 valence electrons. The van der Waals surface area contributed by atoms with Crippen molar-refractivity contribution in [2.75, 3.05) is 23.8 Å². The predicted molar refractivity (Wildman–Crippen MR) is 68.6 cm³/mol. The molecule has 0 saturated carbocycles. The molecule has 2 nitrogen and oxygen atoms in total. The number of thioether (sulfide) groups is 1. The molecule has 3 heteroatoms. The third-order valence-electron chi connectivity index (χ3n) is 2.02. The van der Waals surface area contributed by atoms with Crippen LogP contribution in [0.15, 0.2) is 24.3 Å². The first kappa shape index (κ1) is 12.2. The van der Waals surface area contributed by atoms with E-state index in [-0.39, 0.29) is 0 Å². The minimum atomic E-state index is 0.776. The number of anilines is 1. The highest BCUT2D eigenvalue weighted by molar-refractivity contribution is 7.99. The largest absolute Gasteiger partial charge is 0.493 e. The summed E-state index contributed by atoms with van der Waals surface area (Å²) in [5, 5.41) is 0. The Bertz CT molecular complexity index is 261. The number of hydrogen-bond acceptors (Lipinski definition) is 3. The van der Waals surface area contributed by atoms with E-state index >= 15 is 0 Å². The molecular weight excluding hydrogens is 206 g/mol. The van der Waals surface area contributed by atoms with E-state index < -0.39 is 0 Å². The Hall–Kier alpha value is -0.830. The van der Waals surface area contributed by atoms with E-state index in [1.54, 1.807) is 0 Å². The molecule has 1 aromatic rings. The van der Waals surface area contributed by atoms with E-state index in [0.717, 1.165) is 23.8 Å². The molecule has 2 N–H and O–H groups in total. The number of unbranched alkanes of at least 4 members (excludes halogenated alkanes) is 1. The Labute approximate surface area is 96.2 Å². The van der Waals surface area contributed by atoms with Crippen LogP contribution in [0.1, 0.15) is 19.8 Å². The van der Waals surface area contributed by atoms with E-state index in [2.05, 4.69) is 6.92 Å². The molecule has 0 aromatic heterocycles. The molecule has 0 aliphatic heterocycles. The molecule has 1 rings (SSSR count). The molecule has 0 aliphatic carbocycles. The lowest BCUT2D eigenvalue weighted by Crippen LogP contribution is -2.00. The van der Waals surface area contributed by atoms with Crippen LogP contribution in [0, 0.1) is 0 Å². The first-order chi connectivity index (χ1) is 7.33. The topological polar surface area (TPSA) is 35.2 Å². The molecule has 0 unspecified atom stereocenters. The van der Waals surface area contributed by atoms with Gasteiger partial charge in [-0.05, 0) is 36.4 Å². The van der Waals surface area contributed by atoms with Crippen molar-refractivity contribution in [2.45, 2.75) is 19.8 Å². The lowest BCUT2D eigenvalue weighted by atomic mass is 10.3. The molecule has 0 radical (unpaired) electrons. The van der Waals surface area contributed by atoms with Gasteiger partial charge in [0.1, 0.15) is 5.75 Å². The fraction of sp³-hybridized carbons (Fsp3) is 0.500. The maximum Gasteiger partial charge on any atom is 0.119 e. The summed E-state index contributed by atoms with van der Waals surface area (Å²) < 4.78 is 5.56. The molecule has 1 aromatic carbocycles. The molecule has 0 aliphatic rings. The number of rotatable bonds is 7. The van der Waals surface area contributed by atoms with Crippen LogP contribution in [-0.4, -0.2) is 18.1 Å². The third kappa shape index (κ3) is 5.57. The van der Waals surface area contributed by atoms with Crippen molar-refractivity contribution in [3.05, 3.63) is 24.3 Å². The second-order valence-electron chi connectivity index (χ2n) is 3.38. The first-order valence-corrected chi connectivity index (χ1v) is 6.54. The van der Waals surface area contributed by atoms with Crippen LogP contribution in [0.2, 0.25) is 0 Å². The van der Waals surface area contributed by atoms with Crippen LogP contribution in [0.4, 0.5) is 5.69 Å². The highest BCUT2D eigenvalue weighted by Crippen LogP contribution is 2.13. The van der Waals surface area contributed by atoms with Gasteiger partial charge in [-0.2, -0.15) is 11.8 Å². The number of nitrogens with two attached hydrogens (primary N) is 1. The van der Waals surface area contributed by atoms with Gasteiger partial charge in [0, 0.05) is 11.4 Å². The van der Waals surface area contributed by atoms with Crippen molar-refractivity contribution in [1.82, 2.24) is 0 Å². The smallest absolute Gasteiger partial charge is 0.119 e. The fourth-order valence-electron chi connectivity index (χ4n) is 1.13. The molecule has 0 spiro atoms. The fourth-order valence-corrected chi connectivity index (χ4v) is 2.03. The zero-order valence-corrected chi connectivity index (χ0v) is 10.1. The Morgan fingerprint density at radius 3 is 2.60 bits per heavy atom. The van der Waals surface area contributed by atoms with Crippen LogP contribution < -0.4 is 10.5 Å². The highest BCUT2D eigenvalue weighted by atomic mass is 32.2. The Morgan fingerprint density at radius 2 is 1.93 bits per heavy atom.